The fourth-order valence-electron chi connectivity index (χ4n) is 2.06. The van der Waals surface area contributed by atoms with E-state index in [1.807, 2.05) is 12.1 Å². The Morgan fingerprint density at radius 3 is 2.59 bits per heavy atom. The van der Waals surface area contributed by atoms with Crippen LogP contribution in [0.3, 0.4) is 0 Å². The van der Waals surface area contributed by atoms with Gasteiger partial charge in [-0.1, -0.05) is 35.3 Å². The second kappa shape index (κ2) is 10.4. The molecule has 0 aliphatic rings. The SMILES string of the molecule is CN(C)C(=O)Sc1ccccc1NC(=O)CCCOc1ccc(Cl)cc1Cl. The van der Waals surface area contributed by atoms with E-state index in [4.69, 9.17) is 27.9 Å². The Labute approximate surface area is 173 Å². The topological polar surface area (TPSA) is 58.6 Å². The van der Waals surface area contributed by atoms with Crippen LogP contribution in [0.25, 0.3) is 0 Å². The van der Waals surface area contributed by atoms with Crippen LogP contribution in [0, 0.1) is 0 Å². The highest BCUT2D eigenvalue weighted by Gasteiger charge is 2.12. The molecule has 0 aliphatic carbocycles. The molecule has 27 heavy (non-hydrogen) atoms. The van der Waals surface area contributed by atoms with Gasteiger partial charge in [-0.3, -0.25) is 9.59 Å². The number of carbonyl (C=O) groups excluding carboxylic acids is 2. The largest absolute Gasteiger partial charge is 0.492 e. The van der Waals surface area contributed by atoms with Gasteiger partial charge in [0.05, 0.1) is 17.3 Å². The summed E-state index contributed by atoms with van der Waals surface area (Å²) in [6.07, 6.45) is 0.808. The van der Waals surface area contributed by atoms with Gasteiger partial charge in [0.25, 0.3) is 5.24 Å². The number of carbonyl (C=O) groups is 2. The summed E-state index contributed by atoms with van der Waals surface area (Å²) >= 11 is 12.9. The van der Waals surface area contributed by atoms with Crippen molar-refractivity contribution >= 4 is 51.8 Å². The maximum Gasteiger partial charge on any atom is 0.286 e. The number of para-hydroxylation sites is 1. The molecule has 0 bridgehead atoms. The lowest BCUT2D eigenvalue weighted by molar-refractivity contribution is -0.116. The molecule has 0 saturated heterocycles. The number of amides is 2. The number of benzene rings is 2. The van der Waals surface area contributed by atoms with E-state index < -0.39 is 0 Å². The van der Waals surface area contributed by atoms with Gasteiger partial charge in [0.15, 0.2) is 0 Å². The van der Waals surface area contributed by atoms with Crippen molar-refractivity contribution in [2.75, 3.05) is 26.0 Å². The van der Waals surface area contributed by atoms with Crippen molar-refractivity contribution in [3.63, 3.8) is 0 Å². The summed E-state index contributed by atoms with van der Waals surface area (Å²) in [5, 5.41) is 3.71. The fraction of sp³-hybridized carbons (Fsp3) is 0.263. The van der Waals surface area contributed by atoms with Gasteiger partial charge in [0.2, 0.25) is 5.91 Å². The number of thioether (sulfide) groups is 1. The first-order valence-electron chi connectivity index (χ1n) is 8.22. The van der Waals surface area contributed by atoms with E-state index in [1.165, 1.54) is 4.90 Å². The van der Waals surface area contributed by atoms with Crippen molar-refractivity contribution < 1.29 is 14.3 Å². The molecule has 0 atom stereocenters. The summed E-state index contributed by atoms with van der Waals surface area (Å²) in [4.78, 5) is 26.3. The quantitative estimate of drug-likeness (QED) is 0.464. The number of nitrogens with zero attached hydrogens (tertiary/aromatic N) is 1. The molecule has 1 N–H and O–H groups in total. The number of hydrogen-bond donors (Lipinski definition) is 1. The van der Waals surface area contributed by atoms with E-state index in [0.717, 1.165) is 11.8 Å². The van der Waals surface area contributed by atoms with Crippen LogP contribution in [0.5, 0.6) is 5.75 Å². The zero-order valence-corrected chi connectivity index (χ0v) is 17.3. The van der Waals surface area contributed by atoms with Crippen LogP contribution >= 0.6 is 35.0 Å². The van der Waals surface area contributed by atoms with E-state index in [1.54, 1.807) is 44.4 Å². The fourth-order valence-corrected chi connectivity index (χ4v) is 3.27. The zero-order chi connectivity index (χ0) is 19.8. The third-order valence-electron chi connectivity index (χ3n) is 3.42. The molecule has 2 aromatic carbocycles. The molecule has 0 spiro atoms. The summed E-state index contributed by atoms with van der Waals surface area (Å²) < 4.78 is 5.57. The molecule has 0 fully saturated rings. The van der Waals surface area contributed by atoms with Crippen molar-refractivity contribution in [2.45, 2.75) is 17.7 Å². The minimum absolute atomic E-state index is 0.107. The molecule has 0 saturated carbocycles. The van der Waals surface area contributed by atoms with Crippen LogP contribution in [0.2, 0.25) is 10.0 Å². The van der Waals surface area contributed by atoms with E-state index in [-0.39, 0.29) is 17.6 Å². The summed E-state index contributed by atoms with van der Waals surface area (Å²) in [5.41, 5.74) is 0.615. The Balaban J connectivity index is 1.83. The number of rotatable bonds is 7. The van der Waals surface area contributed by atoms with Gasteiger partial charge < -0.3 is 15.0 Å². The lowest BCUT2D eigenvalue weighted by Gasteiger charge is -2.13. The maximum absolute atomic E-state index is 12.2. The second-order valence-electron chi connectivity index (χ2n) is 5.83. The van der Waals surface area contributed by atoms with Crippen molar-refractivity contribution in [3.8, 4) is 5.75 Å². The molecule has 2 rings (SSSR count). The third kappa shape index (κ3) is 6.97. The molecule has 8 heteroatoms. The molecule has 0 heterocycles. The highest BCUT2D eigenvalue weighted by Crippen LogP contribution is 2.29. The molecular formula is C19H20Cl2N2O3S. The average molecular weight is 427 g/mol. The average Bonchev–Trinajstić information content (AvgIpc) is 2.61. The van der Waals surface area contributed by atoms with Crippen molar-refractivity contribution in [3.05, 3.63) is 52.5 Å². The summed E-state index contributed by atoms with van der Waals surface area (Å²) in [6.45, 7) is 0.351. The summed E-state index contributed by atoms with van der Waals surface area (Å²) in [5.74, 6) is 0.386. The van der Waals surface area contributed by atoms with Crippen LogP contribution < -0.4 is 10.1 Å². The molecular weight excluding hydrogens is 407 g/mol. The predicted molar refractivity (Wildman–Crippen MR) is 111 cm³/mol. The molecule has 144 valence electrons. The minimum atomic E-state index is -0.147. The Kier molecular flexibility index (Phi) is 8.28. The standard InChI is InChI=1S/C19H20Cl2N2O3S/c1-23(2)19(25)27-17-7-4-3-6-15(17)22-18(24)8-5-11-26-16-10-9-13(20)12-14(16)21/h3-4,6-7,9-10,12H,5,8,11H2,1-2H3,(H,22,24). The number of hydrogen-bond acceptors (Lipinski definition) is 4. The Morgan fingerprint density at radius 1 is 1.15 bits per heavy atom. The molecule has 0 unspecified atom stereocenters. The Bertz CT molecular complexity index is 815. The first kappa shape index (κ1) is 21.4. The lowest BCUT2D eigenvalue weighted by atomic mass is 10.2. The van der Waals surface area contributed by atoms with Crippen LogP contribution in [-0.4, -0.2) is 36.7 Å². The molecule has 5 nitrogen and oxygen atoms in total. The minimum Gasteiger partial charge on any atom is -0.492 e. The molecule has 0 radical (unpaired) electrons. The van der Waals surface area contributed by atoms with Crippen LogP contribution in [0.4, 0.5) is 10.5 Å². The van der Waals surface area contributed by atoms with Gasteiger partial charge in [0, 0.05) is 30.4 Å². The first-order chi connectivity index (χ1) is 12.9. The number of anilines is 1. The number of halogens is 2. The summed E-state index contributed by atoms with van der Waals surface area (Å²) in [7, 11) is 3.37. The Hall–Kier alpha value is -1.89. The number of ether oxygens (including phenoxy) is 1. The predicted octanol–water partition coefficient (Wildman–Crippen LogP) is 5.56. The van der Waals surface area contributed by atoms with E-state index in [0.29, 0.717) is 39.4 Å². The molecule has 0 aromatic heterocycles. The number of nitrogens with one attached hydrogen (secondary N) is 1. The van der Waals surface area contributed by atoms with Gasteiger partial charge >= 0.3 is 0 Å². The van der Waals surface area contributed by atoms with Crippen LogP contribution in [-0.2, 0) is 4.79 Å². The van der Waals surface area contributed by atoms with Crippen molar-refractivity contribution in [2.24, 2.45) is 0 Å². The first-order valence-corrected chi connectivity index (χ1v) is 9.80. The van der Waals surface area contributed by atoms with E-state index in [2.05, 4.69) is 5.32 Å². The van der Waals surface area contributed by atoms with E-state index in [9.17, 15) is 9.59 Å². The smallest absolute Gasteiger partial charge is 0.286 e. The highest BCUT2D eigenvalue weighted by molar-refractivity contribution is 8.13. The van der Waals surface area contributed by atoms with Crippen molar-refractivity contribution in [1.29, 1.82) is 0 Å². The normalized spacial score (nSPS) is 10.4. The van der Waals surface area contributed by atoms with Crippen LogP contribution in [0.1, 0.15) is 12.8 Å². The highest BCUT2D eigenvalue weighted by atomic mass is 35.5. The summed E-state index contributed by atoms with van der Waals surface area (Å²) in [6, 6.07) is 12.2. The second-order valence-corrected chi connectivity index (χ2v) is 7.67. The lowest BCUT2D eigenvalue weighted by Crippen LogP contribution is -2.17. The third-order valence-corrected chi connectivity index (χ3v) is 5.07. The Morgan fingerprint density at radius 2 is 1.89 bits per heavy atom. The molecule has 2 aromatic rings. The molecule has 0 aliphatic heterocycles. The van der Waals surface area contributed by atoms with Gasteiger partial charge in [-0.05, 0) is 48.5 Å². The molecule has 2 amide bonds. The van der Waals surface area contributed by atoms with E-state index >= 15 is 0 Å². The van der Waals surface area contributed by atoms with Gasteiger partial charge in [0.1, 0.15) is 5.75 Å². The monoisotopic (exact) mass is 426 g/mol. The van der Waals surface area contributed by atoms with Gasteiger partial charge in [-0.25, -0.2) is 0 Å². The van der Waals surface area contributed by atoms with Gasteiger partial charge in [-0.15, -0.1) is 0 Å². The van der Waals surface area contributed by atoms with Gasteiger partial charge in [-0.2, -0.15) is 0 Å². The van der Waals surface area contributed by atoms with Crippen LogP contribution in [0.15, 0.2) is 47.4 Å². The maximum atomic E-state index is 12.2. The zero-order valence-electron chi connectivity index (χ0n) is 15.0. The van der Waals surface area contributed by atoms with Crippen molar-refractivity contribution in [1.82, 2.24) is 4.90 Å².